The number of anilines is 1. The van der Waals surface area contributed by atoms with Crippen molar-refractivity contribution in [2.75, 3.05) is 17.0 Å². The number of sulfonamides is 1. The smallest absolute Gasteiger partial charge is 0.261 e. The van der Waals surface area contributed by atoms with Gasteiger partial charge in [-0.15, -0.1) is 0 Å². The van der Waals surface area contributed by atoms with Crippen LogP contribution in [-0.4, -0.2) is 26.6 Å². The molecular weight excluding hydrogens is 416 g/mol. The molecule has 0 aliphatic rings. The van der Waals surface area contributed by atoms with E-state index < -0.39 is 10.0 Å². The fourth-order valence-corrected chi connectivity index (χ4v) is 4.60. The summed E-state index contributed by atoms with van der Waals surface area (Å²) in [6.45, 7) is 2.47. The minimum atomic E-state index is -3.66. The van der Waals surface area contributed by atoms with E-state index in [9.17, 15) is 13.2 Å². The average Bonchev–Trinajstić information content (AvgIpc) is 2.74. The highest BCUT2D eigenvalue weighted by atomic mass is 32.2. The number of hydrogen-bond donors (Lipinski definition) is 2. The van der Waals surface area contributed by atoms with Gasteiger partial charge >= 0.3 is 0 Å². The number of aryl methyl sites for hydroxylation is 1. The van der Waals surface area contributed by atoms with Crippen LogP contribution in [0.4, 0.5) is 5.69 Å². The molecule has 0 saturated carbocycles. The molecule has 0 aliphatic carbocycles. The van der Waals surface area contributed by atoms with Gasteiger partial charge in [-0.2, -0.15) is 11.8 Å². The molecule has 3 aromatic rings. The van der Waals surface area contributed by atoms with Gasteiger partial charge in [0.05, 0.1) is 4.90 Å². The molecule has 0 heterocycles. The minimum absolute atomic E-state index is 0.178. The summed E-state index contributed by atoms with van der Waals surface area (Å²) in [5.74, 6) is 1.55. The van der Waals surface area contributed by atoms with Crippen LogP contribution in [-0.2, 0) is 15.8 Å². The molecule has 0 spiro atoms. The second kappa shape index (κ2) is 10.3. The molecule has 0 aromatic heterocycles. The van der Waals surface area contributed by atoms with E-state index in [2.05, 4.69) is 22.2 Å². The van der Waals surface area contributed by atoms with Crippen LogP contribution in [0.2, 0.25) is 0 Å². The Labute approximate surface area is 182 Å². The topological polar surface area (TPSA) is 75.3 Å². The zero-order valence-corrected chi connectivity index (χ0v) is 18.3. The zero-order chi connectivity index (χ0) is 21.4. The summed E-state index contributed by atoms with van der Waals surface area (Å²) < 4.78 is 27.4. The normalized spacial score (nSPS) is 11.1. The predicted molar refractivity (Wildman–Crippen MR) is 123 cm³/mol. The van der Waals surface area contributed by atoms with Crippen molar-refractivity contribution in [3.05, 3.63) is 95.6 Å². The first kappa shape index (κ1) is 21.9. The number of carbonyl (C=O) groups is 1. The van der Waals surface area contributed by atoms with Gasteiger partial charge in [-0.05, 0) is 48.9 Å². The molecule has 0 fully saturated rings. The van der Waals surface area contributed by atoms with Gasteiger partial charge in [-0.1, -0.05) is 48.0 Å². The lowest BCUT2D eigenvalue weighted by Crippen LogP contribution is -2.25. The van der Waals surface area contributed by atoms with Gasteiger partial charge in [0.2, 0.25) is 0 Å². The Kier molecular flexibility index (Phi) is 7.54. The quantitative estimate of drug-likeness (QED) is 0.482. The van der Waals surface area contributed by atoms with Crippen LogP contribution in [0.25, 0.3) is 0 Å². The molecule has 2 N–H and O–H groups in total. The molecule has 0 aliphatic heterocycles. The highest BCUT2D eigenvalue weighted by Crippen LogP contribution is 2.17. The maximum absolute atomic E-state index is 12.4. The first-order valence-corrected chi connectivity index (χ1v) is 12.2. The molecule has 0 bridgehead atoms. The highest BCUT2D eigenvalue weighted by Gasteiger charge is 2.14. The fourth-order valence-electron chi connectivity index (χ4n) is 2.72. The van der Waals surface area contributed by atoms with Crippen LogP contribution < -0.4 is 10.0 Å². The zero-order valence-electron chi connectivity index (χ0n) is 16.7. The van der Waals surface area contributed by atoms with Gasteiger partial charge < -0.3 is 5.32 Å². The van der Waals surface area contributed by atoms with E-state index in [0.717, 1.165) is 17.1 Å². The van der Waals surface area contributed by atoms with E-state index in [0.29, 0.717) is 17.8 Å². The lowest BCUT2D eigenvalue weighted by atomic mass is 10.2. The SMILES string of the molecule is Cc1ccc(S(=O)(=O)Nc2ccc(C(=O)NCCSCc3ccccc3)cc2)cc1. The molecule has 0 unspecified atom stereocenters. The number of amides is 1. The Balaban J connectivity index is 1.47. The standard InChI is InChI=1S/C23H24N2O3S2/c1-18-7-13-22(14-8-18)30(27,28)25-21-11-9-20(10-12-21)23(26)24-15-16-29-17-19-5-3-2-4-6-19/h2-14,25H,15-17H2,1H3,(H,24,26). The number of carbonyl (C=O) groups excluding carboxylic acids is 1. The molecule has 5 nitrogen and oxygen atoms in total. The summed E-state index contributed by atoms with van der Waals surface area (Å²) in [6, 6.07) is 23.2. The fraction of sp³-hybridized carbons (Fsp3) is 0.174. The van der Waals surface area contributed by atoms with Gasteiger partial charge in [-0.3, -0.25) is 9.52 Å². The maximum Gasteiger partial charge on any atom is 0.261 e. The number of benzene rings is 3. The van der Waals surface area contributed by atoms with Crippen LogP contribution in [0.1, 0.15) is 21.5 Å². The second-order valence-corrected chi connectivity index (χ2v) is 9.58. The number of thioether (sulfide) groups is 1. The third kappa shape index (κ3) is 6.37. The molecule has 7 heteroatoms. The third-order valence-corrected chi connectivity index (χ3v) is 6.80. The maximum atomic E-state index is 12.4. The largest absolute Gasteiger partial charge is 0.351 e. The van der Waals surface area contributed by atoms with Gasteiger partial charge in [0, 0.05) is 29.3 Å². The summed E-state index contributed by atoms with van der Waals surface area (Å²) >= 11 is 1.76. The molecule has 1 amide bonds. The van der Waals surface area contributed by atoms with Crippen LogP contribution in [0, 0.1) is 6.92 Å². The average molecular weight is 441 g/mol. The molecule has 3 aromatic carbocycles. The summed E-state index contributed by atoms with van der Waals surface area (Å²) in [4.78, 5) is 12.5. The van der Waals surface area contributed by atoms with E-state index in [1.54, 1.807) is 60.3 Å². The van der Waals surface area contributed by atoms with Gasteiger partial charge in [0.15, 0.2) is 0 Å². The van der Waals surface area contributed by atoms with E-state index >= 15 is 0 Å². The third-order valence-electron chi connectivity index (χ3n) is 4.37. The molecule has 0 radical (unpaired) electrons. The van der Waals surface area contributed by atoms with Crippen molar-refractivity contribution in [1.29, 1.82) is 0 Å². The van der Waals surface area contributed by atoms with Gasteiger partial charge in [0.25, 0.3) is 15.9 Å². The Morgan fingerprint density at radius 3 is 2.23 bits per heavy atom. The first-order valence-electron chi connectivity index (χ1n) is 9.53. The first-order chi connectivity index (χ1) is 14.4. The Morgan fingerprint density at radius 2 is 1.57 bits per heavy atom. The summed E-state index contributed by atoms with van der Waals surface area (Å²) in [5, 5.41) is 2.89. The van der Waals surface area contributed by atoms with E-state index in [1.807, 2.05) is 25.1 Å². The molecule has 156 valence electrons. The number of rotatable bonds is 9. The monoisotopic (exact) mass is 440 g/mol. The van der Waals surface area contributed by atoms with Crippen molar-refractivity contribution >= 4 is 33.4 Å². The molecule has 0 saturated heterocycles. The van der Waals surface area contributed by atoms with E-state index in [-0.39, 0.29) is 10.8 Å². The van der Waals surface area contributed by atoms with Crippen molar-refractivity contribution in [2.45, 2.75) is 17.6 Å². The number of nitrogens with one attached hydrogen (secondary N) is 2. The lowest BCUT2D eigenvalue weighted by molar-refractivity contribution is 0.0956. The van der Waals surface area contributed by atoms with E-state index in [1.165, 1.54) is 5.56 Å². The van der Waals surface area contributed by atoms with E-state index in [4.69, 9.17) is 0 Å². The van der Waals surface area contributed by atoms with Crippen LogP contribution in [0.3, 0.4) is 0 Å². The Hall–Kier alpha value is -2.77. The molecule has 0 atom stereocenters. The highest BCUT2D eigenvalue weighted by molar-refractivity contribution is 7.98. The van der Waals surface area contributed by atoms with Crippen LogP contribution >= 0.6 is 11.8 Å². The van der Waals surface area contributed by atoms with Gasteiger partial charge in [0.1, 0.15) is 0 Å². The van der Waals surface area contributed by atoms with Crippen molar-refractivity contribution in [3.63, 3.8) is 0 Å². The number of hydrogen-bond acceptors (Lipinski definition) is 4. The minimum Gasteiger partial charge on any atom is -0.351 e. The molecule has 3 rings (SSSR count). The Bertz CT molecular complexity index is 1070. The van der Waals surface area contributed by atoms with Gasteiger partial charge in [-0.25, -0.2) is 8.42 Å². The summed E-state index contributed by atoms with van der Waals surface area (Å²) in [7, 11) is -3.66. The molecular formula is C23H24N2O3S2. The van der Waals surface area contributed by atoms with Crippen molar-refractivity contribution in [3.8, 4) is 0 Å². The lowest BCUT2D eigenvalue weighted by Gasteiger charge is -2.09. The van der Waals surface area contributed by atoms with Crippen LogP contribution in [0.15, 0.2) is 83.8 Å². The van der Waals surface area contributed by atoms with Crippen LogP contribution in [0.5, 0.6) is 0 Å². The Morgan fingerprint density at radius 1 is 0.900 bits per heavy atom. The predicted octanol–water partition coefficient (Wildman–Crippen LogP) is 4.46. The van der Waals surface area contributed by atoms with Crippen molar-refractivity contribution in [2.24, 2.45) is 0 Å². The van der Waals surface area contributed by atoms with Crippen molar-refractivity contribution in [1.82, 2.24) is 5.32 Å². The van der Waals surface area contributed by atoms with Crippen molar-refractivity contribution < 1.29 is 13.2 Å². The second-order valence-electron chi connectivity index (χ2n) is 6.79. The summed E-state index contributed by atoms with van der Waals surface area (Å²) in [5.41, 5.74) is 3.15. The summed E-state index contributed by atoms with van der Waals surface area (Å²) in [6.07, 6.45) is 0. The molecule has 30 heavy (non-hydrogen) atoms.